The summed E-state index contributed by atoms with van der Waals surface area (Å²) < 4.78 is 60.0. The highest BCUT2D eigenvalue weighted by Crippen LogP contribution is 2.40. The first-order chi connectivity index (χ1) is 20.3. The molecule has 0 aliphatic carbocycles. The number of nitrogens with zero attached hydrogens (tertiary/aromatic N) is 6. The summed E-state index contributed by atoms with van der Waals surface area (Å²) in [6, 6.07) is 3.31. The summed E-state index contributed by atoms with van der Waals surface area (Å²) in [6.45, 7) is 15.8. The molecule has 2 aromatic rings. The van der Waals surface area contributed by atoms with Gasteiger partial charge in [0.1, 0.15) is 29.8 Å². The Kier molecular flexibility index (Phi) is 11.3. The molecule has 1 aromatic carbocycles. The van der Waals surface area contributed by atoms with Crippen LogP contribution in [0.1, 0.15) is 37.1 Å². The number of benzene rings is 1. The Morgan fingerprint density at radius 1 is 1.40 bits per heavy atom. The number of likely N-dealkylation sites (N-methyl/N-ethyl adjacent to an activating group) is 2. The van der Waals surface area contributed by atoms with Crippen molar-refractivity contribution in [3.05, 3.63) is 64.9 Å². The lowest BCUT2D eigenvalue weighted by Gasteiger charge is -2.32. The molecule has 0 bridgehead atoms. The van der Waals surface area contributed by atoms with Crippen LogP contribution in [-0.4, -0.2) is 88.8 Å². The number of carbonyl (C=O) groups is 1. The zero-order valence-corrected chi connectivity index (χ0v) is 24.4. The van der Waals surface area contributed by atoms with E-state index < -0.39 is 23.7 Å². The Morgan fingerprint density at radius 3 is 2.70 bits per heavy atom. The third kappa shape index (κ3) is 8.32. The van der Waals surface area contributed by atoms with E-state index in [2.05, 4.69) is 21.4 Å². The molecule has 14 heteroatoms. The van der Waals surface area contributed by atoms with Gasteiger partial charge >= 0.3 is 12.2 Å². The molecular formula is C29H37F4N7O3. The molecular weight excluding hydrogens is 570 g/mol. The molecule has 3 heterocycles. The van der Waals surface area contributed by atoms with Gasteiger partial charge < -0.3 is 30.2 Å². The van der Waals surface area contributed by atoms with Gasteiger partial charge in [0.15, 0.2) is 0 Å². The fourth-order valence-electron chi connectivity index (χ4n) is 5.21. The number of rotatable bonds is 8. The number of hydrogen-bond donors (Lipinski definition) is 2. The molecule has 4 rings (SSSR count). The number of aromatic nitrogens is 2. The monoisotopic (exact) mass is 607 g/mol. The number of likely N-dealkylation sites (tertiary alicyclic amines) is 1. The number of nitrogens with two attached hydrogens (primary N) is 1. The Morgan fingerprint density at radius 2 is 2.12 bits per heavy atom. The molecule has 234 valence electrons. The number of amides is 1. The molecule has 1 aromatic heterocycles. The van der Waals surface area contributed by atoms with Crippen molar-refractivity contribution in [3.8, 4) is 6.01 Å². The Hall–Kier alpha value is -3.96. The second kappa shape index (κ2) is 14.5. The molecule has 1 unspecified atom stereocenters. The highest BCUT2D eigenvalue weighted by molar-refractivity contribution is 5.87. The molecule has 0 spiro atoms. The highest BCUT2D eigenvalue weighted by Gasteiger charge is 2.39. The number of aliphatic hydroxyl groups excluding tert-OH is 1. The van der Waals surface area contributed by atoms with E-state index in [1.807, 2.05) is 25.8 Å². The molecule has 2 aliphatic heterocycles. The van der Waals surface area contributed by atoms with Crippen LogP contribution in [0.5, 0.6) is 6.01 Å². The number of ether oxygens (including phenoxy) is 1. The second-order valence-electron chi connectivity index (χ2n) is 10.4. The minimum atomic E-state index is -4.82. The van der Waals surface area contributed by atoms with Crippen molar-refractivity contribution in [1.82, 2.24) is 19.8 Å². The molecule has 1 saturated heterocycles. The first-order valence-corrected chi connectivity index (χ1v) is 13.8. The van der Waals surface area contributed by atoms with Gasteiger partial charge in [-0.1, -0.05) is 12.6 Å². The maximum Gasteiger partial charge on any atom is 0.421 e. The first kappa shape index (κ1) is 33.5. The number of fused-ring (bicyclic) bond motifs is 1. The van der Waals surface area contributed by atoms with Crippen LogP contribution in [0.15, 0.2) is 30.9 Å². The summed E-state index contributed by atoms with van der Waals surface area (Å²) in [5, 5.41) is 9.75. The lowest BCUT2D eigenvalue weighted by Crippen LogP contribution is -2.38. The molecule has 3 atom stereocenters. The van der Waals surface area contributed by atoms with Crippen molar-refractivity contribution in [2.24, 2.45) is 0 Å². The SMILES string of the molecule is CN1C[C@@H](O)C[C@@H]1COc1nc(N)c2c(n1)CN(c1cccc(F)c1C(F)(F)F)CC2.[C-]#[N+]CC(C)N(CC)C(=O)C=C. The van der Waals surface area contributed by atoms with Gasteiger partial charge in [0.25, 0.3) is 0 Å². The summed E-state index contributed by atoms with van der Waals surface area (Å²) >= 11 is 0. The molecule has 10 nitrogen and oxygen atoms in total. The van der Waals surface area contributed by atoms with E-state index in [1.165, 1.54) is 23.1 Å². The predicted molar refractivity (Wildman–Crippen MR) is 154 cm³/mol. The molecule has 0 radical (unpaired) electrons. The van der Waals surface area contributed by atoms with Crippen molar-refractivity contribution >= 4 is 17.4 Å². The van der Waals surface area contributed by atoms with E-state index in [9.17, 15) is 27.5 Å². The van der Waals surface area contributed by atoms with Crippen LogP contribution in [0.3, 0.4) is 0 Å². The smallest absolute Gasteiger partial charge is 0.421 e. The molecule has 43 heavy (non-hydrogen) atoms. The molecule has 2 aliphatic rings. The van der Waals surface area contributed by atoms with E-state index in [-0.39, 0.29) is 55.2 Å². The van der Waals surface area contributed by atoms with E-state index in [4.69, 9.17) is 17.0 Å². The lowest BCUT2D eigenvalue weighted by molar-refractivity contribution is -0.139. The Bertz CT molecular complexity index is 1330. The van der Waals surface area contributed by atoms with E-state index in [0.29, 0.717) is 43.7 Å². The number of halogens is 4. The zero-order chi connectivity index (χ0) is 31.9. The zero-order valence-electron chi connectivity index (χ0n) is 24.4. The van der Waals surface area contributed by atoms with Crippen LogP contribution in [-0.2, 0) is 23.9 Å². The first-order valence-electron chi connectivity index (χ1n) is 13.8. The molecule has 3 N–H and O–H groups in total. The second-order valence-corrected chi connectivity index (χ2v) is 10.4. The van der Waals surface area contributed by atoms with Crippen LogP contribution >= 0.6 is 0 Å². The van der Waals surface area contributed by atoms with Crippen molar-refractivity contribution < 1.29 is 32.2 Å². The number of β-amino-alcohol motifs (C(OH)–C–C–N with tert-alkyl or cyclic N) is 1. The van der Waals surface area contributed by atoms with Gasteiger partial charge in [-0.3, -0.25) is 9.69 Å². The third-order valence-corrected chi connectivity index (χ3v) is 7.45. The third-order valence-electron chi connectivity index (χ3n) is 7.45. The predicted octanol–water partition coefficient (Wildman–Crippen LogP) is 3.55. The van der Waals surface area contributed by atoms with Crippen molar-refractivity contribution in [1.29, 1.82) is 0 Å². The van der Waals surface area contributed by atoms with Crippen molar-refractivity contribution in [2.75, 3.05) is 50.5 Å². The normalized spacial score (nSPS) is 19.0. The van der Waals surface area contributed by atoms with Crippen LogP contribution < -0.4 is 15.4 Å². The number of carbonyl (C=O) groups excluding carboxylic acids is 1. The minimum absolute atomic E-state index is 0.00556. The average Bonchev–Trinajstić information content (AvgIpc) is 3.27. The Balaban J connectivity index is 0.000000359. The number of alkyl halides is 3. The number of anilines is 2. The maximum atomic E-state index is 14.0. The minimum Gasteiger partial charge on any atom is -0.462 e. The van der Waals surface area contributed by atoms with E-state index in [1.54, 1.807) is 4.90 Å². The number of hydrogen-bond acceptors (Lipinski definition) is 8. The van der Waals surface area contributed by atoms with Crippen LogP contribution in [0.2, 0.25) is 0 Å². The number of nitrogen functional groups attached to an aromatic ring is 1. The fourth-order valence-corrected chi connectivity index (χ4v) is 5.21. The summed E-state index contributed by atoms with van der Waals surface area (Å²) in [5.41, 5.74) is 5.62. The highest BCUT2D eigenvalue weighted by atomic mass is 19.4. The van der Waals surface area contributed by atoms with Gasteiger partial charge in [-0.05, 0) is 51.9 Å². The van der Waals surface area contributed by atoms with E-state index >= 15 is 0 Å². The topological polar surface area (TPSA) is 112 Å². The summed E-state index contributed by atoms with van der Waals surface area (Å²) in [4.78, 5) is 28.0. The van der Waals surface area contributed by atoms with Crippen molar-refractivity contribution in [3.63, 3.8) is 0 Å². The summed E-state index contributed by atoms with van der Waals surface area (Å²) in [5.74, 6) is -1.20. The average molecular weight is 608 g/mol. The maximum absolute atomic E-state index is 14.0. The quantitative estimate of drug-likeness (QED) is 0.266. The lowest BCUT2D eigenvalue weighted by atomic mass is 10.0. The van der Waals surface area contributed by atoms with Crippen LogP contribution in [0, 0.1) is 12.4 Å². The van der Waals surface area contributed by atoms with Gasteiger partial charge in [0.2, 0.25) is 12.5 Å². The van der Waals surface area contributed by atoms with E-state index in [0.717, 1.165) is 6.07 Å². The molecule has 1 amide bonds. The van der Waals surface area contributed by atoms with Crippen LogP contribution in [0.25, 0.3) is 4.85 Å². The van der Waals surface area contributed by atoms with Gasteiger partial charge in [-0.15, -0.1) is 0 Å². The van der Waals surface area contributed by atoms with Gasteiger partial charge in [-0.25, -0.2) is 11.0 Å². The number of aliphatic hydroxyl groups is 1. The summed E-state index contributed by atoms with van der Waals surface area (Å²) in [7, 11) is 1.88. The van der Waals surface area contributed by atoms with Gasteiger partial charge in [-0.2, -0.15) is 23.1 Å². The largest absolute Gasteiger partial charge is 0.462 e. The van der Waals surface area contributed by atoms with Crippen molar-refractivity contribution in [2.45, 2.75) is 57.6 Å². The Labute approximate surface area is 248 Å². The van der Waals surface area contributed by atoms with Gasteiger partial charge in [0, 0.05) is 31.2 Å². The summed E-state index contributed by atoms with van der Waals surface area (Å²) in [6.07, 6.45) is -3.07. The molecule has 0 saturated carbocycles. The molecule has 1 fully saturated rings. The standard InChI is InChI=1S/C20H23F4N5O2.C9H14N2O/c1-28-8-12(30)7-11(28)10-31-19-26-15-9-29(6-5-13(15)18(25)27-19)16-4-2-3-14(21)17(16)20(22,23)24;1-5-9(12)11(6-2)8(3)7-10-4/h2-4,11-12,30H,5-10H2,1H3,(H2,25,26,27);5,8H,1,6-7H2,2-3H3/t11-,12+;/m1./s1. The van der Waals surface area contributed by atoms with Gasteiger partial charge in [0.05, 0.1) is 24.0 Å². The fraction of sp³-hybridized carbons (Fsp3) is 0.517. The van der Waals surface area contributed by atoms with Crippen LogP contribution in [0.4, 0.5) is 29.1 Å².